The lowest BCUT2D eigenvalue weighted by Gasteiger charge is -2.25. The highest BCUT2D eigenvalue weighted by molar-refractivity contribution is 5.12. The molecule has 0 aromatic carbocycles. The summed E-state index contributed by atoms with van der Waals surface area (Å²) in [6.07, 6.45) is 12.6. The number of allylic oxidation sites excluding steroid dienone is 1. The molecule has 1 aliphatic heterocycles. The molecule has 3 heteroatoms. The minimum absolute atomic E-state index is 0.000645. The first-order valence-corrected chi connectivity index (χ1v) is 8.05. The van der Waals surface area contributed by atoms with Crippen LogP contribution in [0.1, 0.15) is 58.3 Å². The first-order chi connectivity index (χ1) is 9.40. The van der Waals surface area contributed by atoms with Gasteiger partial charge in [-0.1, -0.05) is 31.4 Å². The van der Waals surface area contributed by atoms with Crippen molar-refractivity contribution in [2.75, 3.05) is 19.8 Å². The molecule has 0 bridgehead atoms. The van der Waals surface area contributed by atoms with E-state index in [2.05, 4.69) is 18.3 Å². The Morgan fingerprint density at radius 1 is 1.21 bits per heavy atom. The summed E-state index contributed by atoms with van der Waals surface area (Å²) in [5, 5.41) is 3.69. The molecule has 1 heterocycles. The molecule has 3 nitrogen and oxygen atoms in total. The lowest BCUT2D eigenvalue weighted by Crippen LogP contribution is -2.35. The van der Waals surface area contributed by atoms with Crippen molar-refractivity contribution in [2.24, 2.45) is 0 Å². The third-order valence-corrected chi connectivity index (χ3v) is 4.03. The lowest BCUT2D eigenvalue weighted by molar-refractivity contribution is -0.0507. The predicted molar refractivity (Wildman–Crippen MR) is 78.2 cm³/mol. The summed E-state index contributed by atoms with van der Waals surface area (Å²) in [6.45, 7) is 4.81. The molecule has 1 N–H and O–H groups in total. The predicted octanol–water partition coefficient (Wildman–Crippen LogP) is 3.40. The van der Waals surface area contributed by atoms with Gasteiger partial charge < -0.3 is 14.8 Å². The van der Waals surface area contributed by atoms with Crippen LogP contribution in [-0.4, -0.2) is 32.1 Å². The zero-order valence-electron chi connectivity index (χ0n) is 12.3. The molecule has 1 unspecified atom stereocenters. The van der Waals surface area contributed by atoms with Gasteiger partial charge in [0.15, 0.2) is 6.29 Å². The maximum atomic E-state index is 5.62. The molecule has 0 aromatic heterocycles. The van der Waals surface area contributed by atoms with Crippen molar-refractivity contribution in [3.8, 4) is 0 Å². The molecule has 1 aliphatic carbocycles. The highest BCUT2D eigenvalue weighted by Gasteiger charge is 2.23. The number of hydrogen-bond acceptors (Lipinski definition) is 3. The molecule has 110 valence electrons. The van der Waals surface area contributed by atoms with Crippen molar-refractivity contribution in [1.82, 2.24) is 5.32 Å². The molecule has 0 spiro atoms. The minimum atomic E-state index is 0.000645. The van der Waals surface area contributed by atoms with Gasteiger partial charge in [-0.05, 0) is 38.6 Å². The van der Waals surface area contributed by atoms with Crippen LogP contribution in [0.2, 0.25) is 0 Å². The van der Waals surface area contributed by atoms with Crippen molar-refractivity contribution < 1.29 is 9.47 Å². The number of hydrogen-bond donors (Lipinski definition) is 1. The van der Waals surface area contributed by atoms with E-state index in [0.717, 1.165) is 26.2 Å². The summed E-state index contributed by atoms with van der Waals surface area (Å²) in [6, 6.07) is 0.446. The van der Waals surface area contributed by atoms with E-state index >= 15 is 0 Å². The summed E-state index contributed by atoms with van der Waals surface area (Å²) < 4.78 is 11.2. The van der Waals surface area contributed by atoms with Crippen LogP contribution >= 0.6 is 0 Å². The molecule has 19 heavy (non-hydrogen) atoms. The molecule has 0 amide bonds. The summed E-state index contributed by atoms with van der Waals surface area (Å²) in [7, 11) is 0. The second-order valence-electron chi connectivity index (χ2n) is 5.65. The van der Waals surface area contributed by atoms with Gasteiger partial charge in [0.1, 0.15) is 0 Å². The maximum absolute atomic E-state index is 5.62. The maximum Gasteiger partial charge on any atom is 0.159 e. The van der Waals surface area contributed by atoms with Crippen molar-refractivity contribution in [1.29, 1.82) is 0 Å². The van der Waals surface area contributed by atoms with Crippen LogP contribution in [0.3, 0.4) is 0 Å². The normalized spacial score (nSPS) is 23.7. The van der Waals surface area contributed by atoms with E-state index in [-0.39, 0.29) is 6.29 Å². The van der Waals surface area contributed by atoms with Crippen LogP contribution in [0.25, 0.3) is 0 Å². The second-order valence-corrected chi connectivity index (χ2v) is 5.65. The third-order valence-electron chi connectivity index (χ3n) is 4.03. The van der Waals surface area contributed by atoms with E-state index in [1.54, 1.807) is 5.57 Å². The van der Waals surface area contributed by atoms with E-state index < -0.39 is 0 Å². The zero-order valence-corrected chi connectivity index (χ0v) is 12.3. The van der Waals surface area contributed by atoms with Crippen LogP contribution in [-0.2, 0) is 9.47 Å². The Kier molecular flexibility index (Phi) is 6.90. The SMILES string of the molecule is CCCNC(CC1OCCO1)C1=CCCCCCC1. The van der Waals surface area contributed by atoms with Crippen molar-refractivity contribution >= 4 is 0 Å². The van der Waals surface area contributed by atoms with Crippen LogP contribution in [0.4, 0.5) is 0 Å². The first kappa shape index (κ1) is 15.0. The molecule has 0 radical (unpaired) electrons. The van der Waals surface area contributed by atoms with E-state index in [1.165, 1.54) is 44.9 Å². The lowest BCUT2D eigenvalue weighted by atomic mass is 9.93. The van der Waals surface area contributed by atoms with Crippen LogP contribution in [0.5, 0.6) is 0 Å². The topological polar surface area (TPSA) is 30.5 Å². The van der Waals surface area contributed by atoms with Gasteiger partial charge in [0.25, 0.3) is 0 Å². The van der Waals surface area contributed by atoms with Crippen molar-refractivity contribution in [2.45, 2.75) is 70.6 Å². The Morgan fingerprint density at radius 3 is 2.79 bits per heavy atom. The molecular weight excluding hydrogens is 238 g/mol. The average molecular weight is 267 g/mol. The molecule has 1 atom stereocenters. The standard InChI is InChI=1S/C16H29NO2/c1-2-10-17-15(13-16-18-11-12-19-16)14-8-6-4-3-5-7-9-14/h8,15-17H,2-7,9-13H2,1H3. The fraction of sp³-hybridized carbons (Fsp3) is 0.875. The molecular formula is C16H29NO2. The Labute approximate surface area is 117 Å². The van der Waals surface area contributed by atoms with Gasteiger partial charge in [-0.3, -0.25) is 0 Å². The second kappa shape index (κ2) is 8.72. The zero-order chi connectivity index (χ0) is 13.3. The number of rotatable bonds is 6. The summed E-state index contributed by atoms with van der Waals surface area (Å²) >= 11 is 0. The van der Waals surface area contributed by atoms with Gasteiger partial charge in [0, 0.05) is 12.5 Å². The monoisotopic (exact) mass is 267 g/mol. The summed E-state index contributed by atoms with van der Waals surface area (Å²) in [4.78, 5) is 0. The van der Waals surface area contributed by atoms with E-state index in [1.807, 2.05) is 0 Å². The van der Waals surface area contributed by atoms with Crippen LogP contribution in [0, 0.1) is 0 Å². The molecule has 2 aliphatic rings. The van der Waals surface area contributed by atoms with Crippen LogP contribution in [0.15, 0.2) is 11.6 Å². The Bertz CT molecular complexity index is 272. The fourth-order valence-corrected chi connectivity index (χ4v) is 2.95. The summed E-state index contributed by atoms with van der Waals surface area (Å²) in [5.74, 6) is 0. The Hall–Kier alpha value is -0.380. The highest BCUT2D eigenvalue weighted by Crippen LogP contribution is 2.23. The quantitative estimate of drug-likeness (QED) is 0.748. The van der Waals surface area contributed by atoms with Gasteiger partial charge in [0.05, 0.1) is 13.2 Å². The van der Waals surface area contributed by atoms with Gasteiger partial charge in [-0.2, -0.15) is 0 Å². The van der Waals surface area contributed by atoms with Gasteiger partial charge >= 0.3 is 0 Å². The van der Waals surface area contributed by atoms with Crippen molar-refractivity contribution in [3.63, 3.8) is 0 Å². The largest absolute Gasteiger partial charge is 0.350 e. The highest BCUT2D eigenvalue weighted by atomic mass is 16.7. The number of ether oxygens (including phenoxy) is 2. The Balaban J connectivity index is 1.92. The molecule has 1 fully saturated rings. The third kappa shape index (κ3) is 5.25. The first-order valence-electron chi connectivity index (χ1n) is 8.05. The van der Waals surface area contributed by atoms with Crippen molar-refractivity contribution in [3.05, 3.63) is 11.6 Å². The molecule has 2 rings (SSSR count). The molecule has 0 saturated carbocycles. The Morgan fingerprint density at radius 2 is 2.00 bits per heavy atom. The smallest absolute Gasteiger partial charge is 0.159 e. The number of nitrogens with one attached hydrogen (secondary N) is 1. The van der Waals surface area contributed by atoms with Gasteiger partial charge in [0.2, 0.25) is 0 Å². The van der Waals surface area contributed by atoms with Crippen LogP contribution < -0.4 is 5.32 Å². The molecule has 1 saturated heterocycles. The van der Waals surface area contributed by atoms with Gasteiger partial charge in [-0.15, -0.1) is 0 Å². The van der Waals surface area contributed by atoms with E-state index in [4.69, 9.17) is 9.47 Å². The van der Waals surface area contributed by atoms with Gasteiger partial charge in [-0.25, -0.2) is 0 Å². The fourth-order valence-electron chi connectivity index (χ4n) is 2.95. The van der Waals surface area contributed by atoms with E-state index in [0.29, 0.717) is 6.04 Å². The average Bonchev–Trinajstić information content (AvgIpc) is 2.87. The summed E-state index contributed by atoms with van der Waals surface area (Å²) in [5.41, 5.74) is 1.59. The minimum Gasteiger partial charge on any atom is -0.350 e. The molecule has 0 aromatic rings. The van der Waals surface area contributed by atoms with E-state index in [9.17, 15) is 0 Å².